The number of carboxylic acids is 1. The van der Waals surface area contributed by atoms with Crippen LogP contribution in [0.3, 0.4) is 0 Å². The van der Waals surface area contributed by atoms with E-state index in [-0.39, 0.29) is 21.8 Å². The number of aromatic carboxylic acids is 1. The molecule has 1 amide bonds. The summed E-state index contributed by atoms with van der Waals surface area (Å²) in [5, 5.41) is 12.2. The maximum atomic E-state index is 12.2. The van der Waals surface area contributed by atoms with Gasteiger partial charge in [-0.05, 0) is 36.4 Å². The summed E-state index contributed by atoms with van der Waals surface area (Å²) in [6.07, 6.45) is 0. The van der Waals surface area contributed by atoms with Gasteiger partial charge in [0.05, 0.1) is 21.8 Å². The maximum Gasteiger partial charge on any atom is 0.337 e. The topological polar surface area (TPSA) is 66.4 Å². The van der Waals surface area contributed by atoms with Crippen molar-refractivity contribution in [3.63, 3.8) is 0 Å². The van der Waals surface area contributed by atoms with Gasteiger partial charge in [-0.15, -0.1) is 0 Å². The SMILES string of the molecule is O=C(Nc1cc(Br)ccc1C(=O)O)c1cc(Cl)ccc1Cl. The summed E-state index contributed by atoms with van der Waals surface area (Å²) < 4.78 is 0.639. The highest BCUT2D eigenvalue weighted by Crippen LogP contribution is 2.25. The molecular formula is C14H8BrCl2NO3. The third-order valence-corrected chi connectivity index (χ3v) is 3.69. The van der Waals surface area contributed by atoms with Gasteiger partial charge in [0.15, 0.2) is 0 Å². The molecule has 0 fully saturated rings. The second-order valence-corrected chi connectivity index (χ2v) is 5.83. The number of benzene rings is 2. The minimum Gasteiger partial charge on any atom is -0.478 e. The lowest BCUT2D eigenvalue weighted by molar-refractivity contribution is 0.0698. The molecule has 0 aliphatic carbocycles. The van der Waals surface area contributed by atoms with Crippen molar-refractivity contribution in [2.24, 2.45) is 0 Å². The van der Waals surface area contributed by atoms with Crippen LogP contribution in [0.2, 0.25) is 10.0 Å². The summed E-state index contributed by atoms with van der Waals surface area (Å²) in [6, 6.07) is 8.94. The maximum absolute atomic E-state index is 12.2. The molecule has 21 heavy (non-hydrogen) atoms. The Kier molecular flexibility index (Phi) is 4.88. The zero-order chi connectivity index (χ0) is 15.6. The van der Waals surface area contributed by atoms with Crippen LogP contribution in [0.4, 0.5) is 5.69 Å². The molecule has 2 N–H and O–H groups in total. The van der Waals surface area contributed by atoms with E-state index in [1.165, 1.54) is 24.3 Å². The molecule has 2 aromatic rings. The van der Waals surface area contributed by atoms with E-state index >= 15 is 0 Å². The molecule has 0 atom stereocenters. The molecule has 0 radical (unpaired) electrons. The fourth-order valence-electron chi connectivity index (χ4n) is 1.67. The highest BCUT2D eigenvalue weighted by molar-refractivity contribution is 9.10. The summed E-state index contributed by atoms with van der Waals surface area (Å²) in [5.41, 5.74) is 0.308. The average Bonchev–Trinajstić information content (AvgIpc) is 2.41. The number of halogens is 3. The number of hydrogen-bond acceptors (Lipinski definition) is 2. The van der Waals surface area contributed by atoms with Gasteiger partial charge in [-0.3, -0.25) is 4.79 Å². The van der Waals surface area contributed by atoms with Crippen LogP contribution in [0.5, 0.6) is 0 Å². The van der Waals surface area contributed by atoms with Crippen LogP contribution in [0, 0.1) is 0 Å². The molecule has 0 unspecified atom stereocenters. The third-order valence-electron chi connectivity index (χ3n) is 2.63. The standard InChI is InChI=1S/C14H8BrCl2NO3/c15-7-1-3-9(14(20)21)12(5-7)18-13(19)10-6-8(16)2-4-11(10)17/h1-6H,(H,18,19)(H,20,21). The van der Waals surface area contributed by atoms with Crippen LogP contribution >= 0.6 is 39.1 Å². The van der Waals surface area contributed by atoms with Crippen LogP contribution in [0.1, 0.15) is 20.7 Å². The van der Waals surface area contributed by atoms with Gasteiger partial charge in [0, 0.05) is 9.50 Å². The Morgan fingerprint density at radius 3 is 2.43 bits per heavy atom. The number of amides is 1. The fraction of sp³-hybridized carbons (Fsp3) is 0. The van der Waals surface area contributed by atoms with Crippen LogP contribution < -0.4 is 5.32 Å². The molecular weight excluding hydrogens is 381 g/mol. The van der Waals surface area contributed by atoms with Crippen molar-refractivity contribution >= 4 is 56.7 Å². The van der Waals surface area contributed by atoms with E-state index < -0.39 is 11.9 Å². The minimum absolute atomic E-state index is 0.0234. The molecule has 0 aliphatic heterocycles. The van der Waals surface area contributed by atoms with E-state index in [1.54, 1.807) is 12.1 Å². The lowest BCUT2D eigenvalue weighted by atomic mass is 10.1. The Bertz CT molecular complexity index is 734. The van der Waals surface area contributed by atoms with Gasteiger partial charge < -0.3 is 10.4 Å². The first kappa shape index (κ1) is 15.8. The normalized spacial score (nSPS) is 10.2. The third kappa shape index (κ3) is 3.75. The highest BCUT2D eigenvalue weighted by atomic mass is 79.9. The van der Waals surface area contributed by atoms with Gasteiger partial charge in [0.1, 0.15) is 0 Å². The predicted octanol–water partition coefficient (Wildman–Crippen LogP) is 4.71. The van der Waals surface area contributed by atoms with E-state index in [1.807, 2.05) is 0 Å². The van der Waals surface area contributed by atoms with Gasteiger partial charge in [-0.2, -0.15) is 0 Å². The van der Waals surface area contributed by atoms with E-state index in [9.17, 15) is 9.59 Å². The molecule has 2 rings (SSSR count). The fourth-order valence-corrected chi connectivity index (χ4v) is 2.40. The van der Waals surface area contributed by atoms with Gasteiger partial charge in [0.2, 0.25) is 0 Å². The van der Waals surface area contributed by atoms with Crippen LogP contribution in [-0.4, -0.2) is 17.0 Å². The molecule has 0 saturated heterocycles. The van der Waals surface area contributed by atoms with Crippen molar-refractivity contribution < 1.29 is 14.7 Å². The second kappa shape index (κ2) is 6.47. The molecule has 0 aliphatic rings. The lowest BCUT2D eigenvalue weighted by Gasteiger charge is -2.10. The first-order chi connectivity index (χ1) is 9.88. The monoisotopic (exact) mass is 387 g/mol. The molecule has 0 saturated carbocycles. The van der Waals surface area contributed by atoms with Crippen molar-refractivity contribution in [2.45, 2.75) is 0 Å². The molecule has 108 valence electrons. The van der Waals surface area contributed by atoms with Crippen molar-refractivity contribution in [2.75, 3.05) is 5.32 Å². The second-order valence-electron chi connectivity index (χ2n) is 4.07. The molecule has 7 heteroatoms. The van der Waals surface area contributed by atoms with Crippen LogP contribution in [0.15, 0.2) is 40.9 Å². The van der Waals surface area contributed by atoms with Crippen LogP contribution in [-0.2, 0) is 0 Å². The van der Waals surface area contributed by atoms with E-state index in [0.717, 1.165) is 0 Å². The molecule has 0 spiro atoms. The van der Waals surface area contributed by atoms with Gasteiger partial charge in [0.25, 0.3) is 5.91 Å². The summed E-state index contributed by atoms with van der Waals surface area (Å²) in [5.74, 6) is -1.68. The zero-order valence-corrected chi connectivity index (χ0v) is 13.5. The van der Waals surface area contributed by atoms with Crippen molar-refractivity contribution in [1.29, 1.82) is 0 Å². The first-order valence-electron chi connectivity index (χ1n) is 5.67. The first-order valence-corrected chi connectivity index (χ1v) is 7.22. The Morgan fingerprint density at radius 1 is 1.05 bits per heavy atom. The van der Waals surface area contributed by atoms with E-state index in [2.05, 4.69) is 21.2 Å². The number of hydrogen-bond donors (Lipinski definition) is 2. The summed E-state index contributed by atoms with van der Waals surface area (Å²) in [4.78, 5) is 23.4. The highest BCUT2D eigenvalue weighted by Gasteiger charge is 2.16. The largest absolute Gasteiger partial charge is 0.478 e. The summed E-state index contributed by atoms with van der Waals surface area (Å²) >= 11 is 15.0. The Labute approximate surface area is 138 Å². The van der Waals surface area contributed by atoms with Crippen LogP contribution in [0.25, 0.3) is 0 Å². The van der Waals surface area contributed by atoms with Crippen molar-refractivity contribution in [1.82, 2.24) is 0 Å². The summed E-state index contributed by atoms with van der Waals surface area (Å²) in [7, 11) is 0. The number of carbonyl (C=O) groups excluding carboxylic acids is 1. The molecule has 2 aromatic carbocycles. The van der Waals surface area contributed by atoms with E-state index in [4.69, 9.17) is 28.3 Å². The van der Waals surface area contributed by atoms with Crippen molar-refractivity contribution in [3.8, 4) is 0 Å². The molecule has 0 aromatic heterocycles. The predicted molar refractivity (Wildman–Crippen MR) is 85.5 cm³/mol. The van der Waals surface area contributed by atoms with Gasteiger partial charge in [-0.25, -0.2) is 4.79 Å². The number of carbonyl (C=O) groups is 2. The summed E-state index contributed by atoms with van der Waals surface area (Å²) in [6.45, 7) is 0. The van der Waals surface area contributed by atoms with Gasteiger partial charge >= 0.3 is 5.97 Å². The molecule has 0 heterocycles. The average molecular weight is 389 g/mol. The van der Waals surface area contributed by atoms with Crippen molar-refractivity contribution in [3.05, 3.63) is 62.0 Å². The number of carboxylic acid groups (broad SMARTS) is 1. The molecule has 0 bridgehead atoms. The lowest BCUT2D eigenvalue weighted by Crippen LogP contribution is -2.15. The number of rotatable bonds is 3. The Balaban J connectivity index is 2.38. The number of nitrogens with one attached hydrogen (secondary N) is 1. The molecule has 4 nitrogen and oxygen atoms in total. The smallest absolute Gasteiger partial charge is 0.337 e. The van der Waals surface area contributed by atoms with Gasteiger partial charge in [-0.1, -0.05) is 39.1 Å². The number of anilines is 1. The Hall–Kier alpha value is -1.56. The quantitative estimate of drug-likeness (QED) is 0.800. The Morgan fingerprint density at radius 2 is 1.76 bits per heavy atom. The zero-order valence-electron chi connectivity index (χ0n) is 10.4. The van der Waals surface area contributed by atoms with E-state index in [0.29, 0.717) is 9.50 Å². The minimum atomic E-state index is -1.14.